The lowest BCUT2D eigenvalue weighted by Gasteiger charge is -2.37. The highest BCUT2D eigenvalue weighted by Gasteiger charge is 2.32. The lowest BCUT2D eigenvalue weighted by Crippen LogP contribution is -2.46. The maximum Gasteiger partial charge on any atom is 0.308 e. The highest BCUT2D eigenvalue weighted by Crippen LogP contribution is 2.28. The van der Waals surface area contributed by atoms with E-state index >= 15 is 0 Å². The number of halogens is 1. The van der Waals surface area contributed by atoms with Crippen LogP contribution in [0.3, 0.4) is 0 Å². The number of carbonyl (C=O) groups excluding carboxylic acids is 2. The summed E-state index contributed by atoms with van der Waals surface area (Å²) in [6.45, 7) is 3.06. The van der Waals surface area contributed by atoms with Crippen molar-refractivity contribution in [1.82, 2.24) is 4.90 Å². The molecule has 136 valence electrons. The molecule has 2 heterocycles. The van der Waals surface area contributed by atoms with Gasteiger partial charge in [0.15, 0.2) is 0 Å². The third-order valence-electron chi connectivity index (χ3n) is 5.36. The Morgan fingerprint density at radius 1 is 1.04 bits per heavy atom. The van der Waals surface area contributed by atoms with Gasteiger partial charge in [0.2, 0.25) is 5.91 Å². The number of carbonyl (C=O) groups is 2. The van der Waals surface area contributed by atoms with Gasteiger partial charge in [0.25, 0.3) is 0 Å². The third-order valence-corrected chi connectivity index (χ3v) is 5.59. The zero-order valence-electron chi connectivity index (χ0n) is 14.6. The number of hydrogen-bond acceptors (Lipinski definition) is 4. The van der Waals surface area contributed by atoms with Gasteiger partial charge >= 0.3 is 5.97 Å². The molecule has 0 radical (unpaired) electrons. The van der Waals surface area contributed by atoms with Crippen molar-refractivity contribution in [3.63, 3.8) is 0 Å². The fourth-order valence-corrected chi connectivity index (χ4v) is 4.00. The number of ether oxygens (including phenoxy) is 1. The van der Waals surface area contributed by atoms with E-state index in [9.17, 15) is 9.59 Å². The van der Waals surface area contributed by atoms with Crippen LogP contribution in [-0.4, -0.2) is 50.1 Å². The SMILES string of the molecule is COC(=O)C1CCN(C(=O)C2CCN(c3cccc(Cl)c3)CC2)CC1. The highest BCUT2D eigenvalue weighted by atomic mass is 35.5. The summed E-state index contributed by atoms with van der Waals surface area (Å²) in [7, 11) is 1.42. The number of piperidine rings is 2. The van der Waals surface area contributed by atoms with Crippen molar-refractivity contribution in [2.24, 2.45) is 11.8 Å². The van der Waals surface area contributed by atoms with Gasteiger partial charge in [-0.25, -0.2) is 0 Å². The molecule has 2 aliphatic rings. The average Bonchev–Trinajstić information content (AvgIpc) is 2.67. The molecule has 5 nitrogen and oxygen atoms in total. The number of methoxy groups -OCH3 is 1. The summed E-state index contributed by atoms with van der Waals surface area (Å²) in [5.41, 5.74) is 1.12. The number of rotatable bonds is 3. The Balaban J connectivity index is 1.50. The van der Waals surface area contributed by atoms with E-state index in [0.29, 0.717) is 25.9 Å². The summed E-state index contributed by atoms with van der Waals surface area (Å²) in [5, 5.41) is 0.740. The molecule has 0 unspecified atom stereocenters. The Kier molecular flexibility index (Phi) is 5.84. The van der Waals surface area contributed by atoms with Gasteiger partial charge in [-0.1, -0.05) is 17.7 Å². The largest absolute Gasteiger partial charge is 0.469 e. The molecule has 0 spiro atoms. The van der Waals surface area contributed by atoms with Crippen LogP contribution in [0.15, 0.2) is 24.3 Å². The van der Waals surface area contributed by atoms with Crippen LogP contribution in [0.1, 0.15) is 25.7 Å². The van der Waals surface area contributed by atoms with Gasteiger partial charge in [-0.2, -0.15) is 0 Å². The quantitative estimate of drug-likeness (QED) is 0.774. The summed E-state index contributed by atoms with van der Waals surface area (Å²) in [6, 6.07) is 7.87. The van der Waals surface area contributed by atoms with Crippen molar-refractivity contribution in [2.75, 3.05) is 38.2 Å². The molecule has 0 aromatic heterocycles. The summed E-state index contributed by atoms with van der Waals surface area (Å²) >= 11 is 6.07. The Hall–Kier alpha value is -1.75. The number of anilines is 1. The molecule has 3 rings (SSSR count). The number of nitrogens with zero attached hydrogens (tertiary/aromatic N) is 2. The zero-order valence-corrected chi connectivity index (χ0v) is 15.4. The Morgan fingerprint density at radius 2 is 1.68 bits per heavy atom. The standard InChI is InChI=1S/C19H25ClN2O3/c1-25-19(24)15-7-11-22(12-8-15)18(23)14-5-9-21(10-6-14)17-4-2-3-16(20)13-17/h2-4,13-15H,5-12H2,1H3. The topological polar surface area (TPSA) is 49.9 Å². The van der Waals surface area contributed by atoms with E-state index in [1.807, 2.05) is 23.1 Å². The van der Waals surface area contributed by atoms with Crippen LogP contribution >= 0.6 is 11.6 Å². The molecule has 2 fully saturated rings. The molecule has 1 amide bonds. The second-order valence-electron chi connectivity index (χ2n) is 6.86. The molecule has 25 heavy (non-hydrogen) atoms. The van der Waals surface area contributed by atoms with Gasteiger partial charge in [0, 0.05) is 42.8 Å². The minimum Gasteiger partial charge on any atom is -0.469 e. The molecule has 0 bridgehead atoms. The molecule has 1 aromatic rings. The second-order valence-corrected chi connectivity index (χ2v) is 7.30. The van der Waals surface area contributed by atoms with E-state index in [2.05, 4.69) is 11.0 Å². The summed E-state index contributed by atoms with van der Waals surface area (Å²) < 4.78 is 4.81. The fraction of sp³-hybridized carbons (Fsp3) is 0.579. The van der Waals surface area contributed by atoms with E-state index in [1.165, 1.54) is 7.11 Å². The minimum absolute atomic E-state index is 0.0567. The molecule has 0 N–H and O–H groups in total. The molecule has 2 saturated heterocycles. The lowest BCUT2D eigenvalue weighted by molar-refractivity contribution is -0.149. The summed E-state index contributed by atoms with van der Waals surface area (Å²) in [4.78, 5) is 28.6. The van der Waals surface area contributed by atoms with Crippen molar-refractivity contribution < 1.29 is 14.3 Å². The van der Waals surface area contributed by atoms with Crippen LogP contribution < -0.4 is 4.90 Å². The monoisotopic (exact) mass is 364 g/mol. The van der Waals surface area contributed by atoms with Gasteiger partial charge in [-0.05, 0) is 43.9 Å². The molecule has 1 aromatic carbocycles. The number of hydrogen-bond donors (Lipinski definition) is 0. The van der Waals surface area contributed by atoms with Gasteiger partial charge in [0.05, 0.1) is 13.0 Å². The van der Waals surface area contributed by atoms with Crippen LogP contribution in [0.2, 0.25) is 5.02 Å². The minimum atomic E-state index is -0.151. The molecule has 6 heteroatoms. The van der Waals surface area contributed by atoms with E-state index < -0.39 is 0 Å². The Morgan fingerprint density at radius 3 is 2.28 bits per heavy atom. The normalized spacial score (nSPS) is 19.8. The maximum atomic E-state index is 12.8. The lowest BCUT2D eigenvalue weighted by atomic mass is 9.92. The smallest absolute Gasteiger partial charge is 0.308 e. The van der Waals surface area contributed by atoms with E-state index in [0.717, 1.165) is 36.6 Å². The van der Waals surface area contributed by atoms with Crippen molar-refractivity contribution >= 4 is 29.2 Å². The molecule has 0 saturated carbocycles. The Labute approximate surface area is 153 Å². The van der Waals surface area contributed by atoms with Gasteiger partial charge in [-0.15, -0.1) is 0 Å². The highest BCUT2D eigenvalue weighted by molar-refractivity contribution is 6.30. The van der Waals surface area contributed by atoms with Crippen LogP contribution in [0.25, 0.3) is 0 Å². The van der Waals surface area contributed by atoms with Crippen LogP contribution in [0.5, 0.6) is 0 Å². The van der Waals surface area contributed by atoms with Crippen molar-refractivity contribution in [2.45, 2.75) is 25.7 Å². The molecular formula is C19H25ClN2O3. The van der Waals surface area contributed by atoms with Crippen LogP contribution in [-0.2, 0) is 14.3 Å². The number of likely N-dealkylation sites (tertiary alicyclic amines) is 1. The van der Waals surface area contributed by atoms with Crippen molar-refractivity contribution in [3.8, 4) is 0 Å². The van der Waals surface area contributed by atoms with Gasteiger partial charge in [0.1, 0.15) is 0 Å². The van der Waals surface area contributed by atoms with Gasteiger partial charge < -0.3 is 14.5 Å². The first-order chi connectivity index (χ1) is 12.1. The van der Waals surface area contributed by atoms with Crippen molar-refractivity contribution in [1.29, 1.82) is 0 Å². The van der Waals surface area contributed by atoms with E-state index in [1.54, 1.807) is 0 Å². The maximum absolute atomic E-state index is 12.8. The van der Waals surface area contributed by atoms with Crippen molar-refractivity contribution in [3.05, 3.63) is 29.3 Å². The summed E-state index contributed by atoms with van der Waals surface area (Å²) in [5.74, 6) is 0.125. The summed E-state index contributed by atoms with van der Waals surface area (Å²) in [6.07, 6.45) is 3.14. The molecule has 2 aliphatic heterocycles. The molecule has 0 atom stereocenters. The first-order valence-electron chi connectivity index (χ1n) is 8.95. The second kappa shape index (κ2) is 8.09. The first kappa shape index (κ1) is 18.1. The Bertz CT molecular complexity index is 621. The average molecular weight is 365 g/mol. The van der Waals surface area contributed by atoms with E-state index in [4.69, 9.17) is 16.3 Å². The van der Waals surface area contributed by atoms with E-state index in [-0.39, 0.29) is 23.7 Å². The number of esters is 1. The number of benzene rings is 1. The predicted molar refractivity (Wildman–Crippen MR) is 97.7 cm³/mol. The fourth-order valence-electron chi connectivity index (χ4n) is 3.82. The van der Waals surface area contributed by atoms with Crippen LogP contribution in [0, 0.1) is 11.8 Å². The molecular weight excluding hydrogens is 340 g/mol. The molecule has 0 aliphatic carbocycles. The first-order valence-corrected chi connectivity index (χ1v) is 9.33. The zero-order chi connectivity index (χ0) is 17.8. The third kappa shape index (κ3) is 4.27. The van der Waals surface area contributed by atoms with Gasteiger partial charge in [-0.3, -0.25) is 9.59 Å². The predicted octanol–water partition coefficient (Wildman–Crippen LogP) is 2.97. The number of amides is 1. The van der Waals surface area contributed by atoms with Crippen LogP contribution in [0.4, 0.5) is 5.69 Å².